The van der Waals surface area contributed by atoms with Gasteiger partial charge >= 0.3 is 10.1 Å². The van der Waals surface area contributed by atoms with E-state index in [-0.39, 0.29) is 11.5 Å². The third-order valence-corrected chi connectivity index (χ3v) is 4.93. The molecule has 0 spiro atoms. The van der Waals surface area contributed by atoms with Crippen molar-refractivity contribution in [3.8, 4) is 11.5 Å². The van der Waals surface area contributed by atoms with Gasteiger partial charge in [0.05, 0.1) is 5.75 Å². The highest BCUT2D eigenvalue weighted by atomic mass is 32.2. The van der Waals surface area contributed by atoms with Crippen LogP contribution in [0.15, 0.2) is 84.9 Å². The Morgan fingerprint density at radius 2 is 1.19 bits per heavy atom. The summed E-state index contributed by atoms with van der Waals surface area (Å²) in [5.74, 6) is 0.872. The van der Waals surface area contributed by atoms with Gasteiger partial charge in [-0.1, -0.05) is 60.7 Å². The molecule has 3 aromatic rings. The van der Waals surface area contributed by atoms with Crippen LogP contribution >= 0.6 is 0 Å². The zero-order valence-corrected chi connectivity index (χ0v) is 15.1. The molecule has 4 nitrogen and oxygen atoms in total. The minimum atomic E-state index is -3.64. The Labute approximate surface area is 154 Å². The molecule has 0 aliphatic rings. The van der Waals surface area contributed by atoms with Crippen molar-refractivity contribution in [3.05, 3.63) is 96.1 Å². The fourth-order valence-corrected chi connectivity index (χ4v) is 3.38. The summed E-state index contributed by atoms with van der Waals surface area (Å²) >= 11 is 0. The van der Waals surface area contributed by atoms with Gasteiger partial charge in [0, 0.05) is 0 Å². The van der Waals surface area contributed by atoms with E-state index in [0.717, 1.165) is 11.1 Å². The first-order valence-electron chi connectivity index (χ1n) is 8.34. The van der Waals surface area contributed by atoms with Crippen molar-refractivity contribution >= 4 is 10.1 Å². The van der Waals surface area contributed by atoms with Gasteiger partial charge in [0.2, 0.25) is 0 Å². The summed E-state index contributed by atoms with van der Waals surface area (Å²) in [5, 5.41) is 0. The molecule has 0 aliphatic heterocycles. The average Bonchev–Trinajstić information content (AvgIpc) is 2.67. The van der Waals surface area contributed by atoms with Crippen LogP contribution in [-0.2, 0) is 23.1 Å². The molecule has 0 amide bonds. The molecule has 0 N–H and O–H groups in total. The molecule has 0 atom stereocenters. The molecular formula is C21H20O4S. The summed E-state index contributed by atoms with van der Waals surface area (Å²) in [6.45, 7) is 0.455. The van der Waals surface area contributed by atoms with Crippen molar-refractivity contribution in [1.29, 1.82) is 0 Å². The maximum Gasteiger partial charge on any atom is 0.309 e. The predicted molar refractivity (Wildman–Crippen MR) is 102 cm³/mol. The van der Waals surface area contributed by atoms with E-state index in [4.69, 9.17) is 8.92 Å². The molecule has 0 unspecified atom stereocenters. The van der Waals surface area contributed by atoms with Crippen LogP contribution in [-0.4, -0.2) is 14.2 Å². The van der Waals surface area contributed by atoms with Crippen molar-refractivity contribution in [2.24, 2.45) is 0 Å². The van der Waals surface area contributed by atoms with Crippen molar-refractivity contribution in [1.82, 2.24) is 0 Å². The highest BCUT2D eigenvalue weighted by Crippen LogP contribution is 2.20. The number of hydrogen-bond donors (Lipinski definition) is 0. The van der Waals surface area contributed by atoms with E-state index in [1.807, 2.05) is 60.7 Å². The van der Waals surface area contributed by atoms with Gasteiger partial charge < -0.3 is 8.92 Å². The fourth-order valence-electron chi connectivity index (χ4n) is 2.41. The lowest BCUT2D eigenvalue weighted by molar-refractivity contribution is 0.306. The normalized spacial score (nSPS) is 11.1. The van der Waals surface area contributed by atoms with Crippen molar-refractivity contribution in [2.75, 3.05) is 5.75 Å². The number of benzene rings is 3. The van der Waals surface area contributed by atoms with Crippen LogP contribution in [0.25, 0.3) is 0 Å². The third-order valence-electron chi connectivity index (χ3n) is 3.78. The SMILES string of the molecule is O=S(=O)(CCc1ccccc1)Oc1ccc(OCc2ccccc2)cc1. The van der Waals surface area contributed by atoms with Crippen molar-refractivity contribution < 1.29 is 17.3 Å². The molecule has 0 heterocycles. The second-order valence-electron chi connectivity index (χ2n) is 5.83. The summed E-state index contributed by atoms with van der Waals surface area (Å²) in [6.07, 6.45) is 0.418. The number of hydrogen-bond acceptors (Lipinski definition) is 4. The summed E-state index contributed by atoms with van der Waals surface area (Å²) < 4.78 is 35.1. The van der Waals surface area contributed by atoms with E-state index < -0.39 is 10.1 Å². The number of aryl methyl sites for hydroxylation is 1. The Morgan fingerprint density at radius 1 is 0.654 bits per heavy atom. The second kappa shape index (κ2) is 8.54. The topological polar surface area (TPSA) is 52.6 Å². The van der Waals surface area contributed by atoms with E-state index >= 15 is 0 Å². The molecule has 0 aromatic heterocycles. The molecule has 0 fully saturated rings. The Bertz CT molecular complexity index is 905. The third kappa shape index (κ3) is 5.63. The van der Waals surface area contributed by atoms with Gasteiger partial charge in [0.1, 0.15) is 18.1 Å². The van der Waals surface area contributed by atoms with Crippen LogP contribution in [0.4, 0.5) is 0 Å². The summed E-state index contributed by atoms with van der Waals surface area (Å²) in [6, 6.07) is 25.9. The van der Waals surface area contributed by atoms with Crippen LogP contribution in [0.5, 0.6) is 11.5 Å². The molecule has 134 valence electrons. The van der Waals surface area contributed by atoms with Gasteiger partial charge in [-0.05, 0) is 41.8 Å². The Hall–Kier alpha value is -2.79. The predicted octanol–water partition coefficient (Wildman–Crippen LogP) is 4.22. The Morgan fingerprint density at radius 3 is 1.81 bits per heavy atom. The summed E-state index contributed by atoms with van der Waals surface area (Å²) in [4.78, 5) is 0. The van der Waals surface area contributed by atoms with E-state index in [2.05, 4.69) is 0 Å². The molecule has 0 aliphatic carbocycles. The van der Waals surface area contributed by atoms with E-state index in [1.165, 1.54) is 0 Å². The van der Waals surface area contributed by atoms with Gasteiger partial charge in [-0.3, -0.25) is 0 Å². The molecule has 3 aromatic carbocycles. The Kier molecular flexibility index (Phi) is 5.92. The number of rotatable bonds is 8. The molecule has 3 rings (SSSR count). The Balaban J connectivity index is 1.53. The highest BCUT2D eigenvalue weighted by Gasteiger charge is 2.13. The van der Waals surface area contributed by atoms with E-state index in [0.29, 0.717) is 18.8 Å². The lowest BCUT2D eigenvalue weighted by atomic mass is 10.2. The van der Waals surface area contributed by atoms with Gasteiger partial charge in [0.15, 0.2) is 0 Å². The summed E-state index contributed by atoms with van der Waals surface area (Å²) in [5.41, 5.74) is 2.03. The minimum absolute atomic E-state index is 0.0662. The molecule has 0 radical (unpaired) electrons. The summed E-state index contributed by atoms with van der Waals surface area (Å²) in [7, 11) is -3.64. The monoisotopic (exact) mass is 368 g/mol. The maximum absolute atomic E-state index is 12.1. The van der Waals surface area contributed by atoms with Crippen LogP contribution < -0.4 is 8.92 Å². The second-order valence-corrected chi connectivity index (χ2v) is 7.52. The minimum Gasteiger partial charge on any atom is -0.489 e. The zero-order chi connectivity index (χ0) is 18.2. The molecular weight excluding hydrogens is 348 g/mol. The molecule has 5 heteroatoms. The number of ether oxygens (including phenoxy) is 1. The average molecular weight is 368 g/mol. The first-order chi connectivity index (χ1) is 12.6. The van der Waals surface area contributed by atoms with Crippen molar-refractivity contribution in [3.63, 3.8) is 0 Å². The maximum atomic E-state index is 12.1. The van der Waals surface area contributed by atoms with Gasteiger partial charge in [-0.25, -0.2) is 0 Å². The quantitative estimate of drug-likeness (QED) is 0.559. The lowest BCUT2D eigenvalue weighted by Crippen LogP contribution is -2.15. The van der Waals surface area contributed by atoms with E-state index in [1.54, 1.807) is 24.3 Å². The smallest absolute Gasteiger partial charge is 0.309 e. The fraction of sp³-hybridized carbons (Fsp3) is 0.143. The van der Waals surface area contributed by atoms with Crippen LogP contribution in [0.2, 0.25) is 0 Å². The first-order valence-corrected chi connectivity index (χ1v) is 9.91. The standard InChI is InChI=1S/C21H20O4S/c22-26(23,16-15-18-7-3-1-4-8-18)25-21-13-11-20(12-14-21)24-17-19-9-5-2-6-10-19/h1-14H,15-17H2. The van der Waals surface area contributed by atoms with Gasteiger partial charge in [0.25, 0.3) is 0 Å². The van der Waals surface area contributed by atoms with Crippen LogP contribution in [0, 0.1) is 0 Å². The van der Waals surface area contributed by atoms with Crippen LogP contribution in [0.3, 0.4) is 0 Å². The van der Waals surface area contributed by atoms with Crippen LogP contribution in [0.1, 0.15) is 11.1 Å². The molecule has 0 saturated heterocycles. The molecule has 0 bridgehead atoms. The molecule has 26 heavy (non-hydrogen) atoms. The van der Waals surface area contributed by atoms with Gasteiger partial charge in [-0.15, -0.1) is 0 Å². The zero-order valence-electron chi connectivity index (χ0n) is 14.2. The van der Waals surface area contributed by atoms with Crippen molar-refractivity contribution in [2.45, 2.75) is 13.0 Å². The largest absolute Gasteiger partial charge is 0.489 e. The van der Waals surface area contributed by atoms with Gasteiger partial charge in [-0.2, -0.15) is 8.42 Å². The highest BCUT2D eigenvalue weighted by molar-refractivity contribution is 7.87. The lowest BCUT2D eigenvalue weighted by Gasteiger charge is -2.09. The first kappa shape index (κ1) is 18.0. The molecule has 0 saturated carbocycles. The van der Waals surface area contributed by atoms with E-state index in [9.17, 15) is 8.42 Å².